The van der Waals surface area contributed by atoms with Crippen molar-refractivity contribution in [1.82, 2.24) is 40.4 Å². The smallest absolute Gasteiger partial charge is 0.407 e. The van der Waals surface area contributed by atoms with Gasteiger partial charge in [0, 0.05) is 24.2 Å². The Morgan fingerprint density at radius 2 is 1.67 bits per heavy atom. The van der Waals surface area contributed by atoms with Gasteiger partial charge in [0.1, 0.15) is 24.2 Å². The molecule has 0 spiro atoms. The van der Waals surface area contributed by atoms with E-state index < -0.39 is 6.09 Å². The lowest BCUT2D eigenvalue weighted by molar-refractivity contribution is -0.135. The average Bonchev–Trinajstić information content (AvgIpc) is 3.62. The molecule has 1 aliphatic carbocycles. The SMILES string of the molecule is CCC.CNC(C(=O)N1CCCC1c1ncc(-c2ccc(C#Cc3ccc4nc(C5C=C(C6CC6)CN5C(=O)CNC(=O)OC)[nH]c4c3)cc2)[nH]1)C(C)C.COC=O. The lowest BCUT2D eigenvalue weighted by atomic mass is 10.0. The first kappa shape index (κ1) is 43.2. The Kier molecular flexibility index (Phi) is 15.2. The number of nitrogens with zero attached hydrogens (tertiary/aromatic N) is 4. The van der Waals surface area contributed by atoms with E-state index in [0.29, 0.717) is 24.8 Å². The quantitative estimate of drug-likeness (QED) is 0.0848. The van der Waals surface area contributed by atoms with Crippen LogP contribution < -0.4 is 10.6 Å². The van der Waals surface area contributed by atoms with Crippen molar-refractivity contribution in [2.45, 2.75) is 77.9 Å². The van der Waals surface area contributed by atoms with Gasteiger partial charge in [-0.25, -0.2) is 14.8 Å². The fraction of sp³-hybridized carbons (Fsp3) is 0.455. The predicted molar refractivity (Wildman–Crippen MR) is 222 cm³/mol. The molecule has 0 bridgehead atoms. The van der Waals surface area contributed by atoms with Gasteiger partial charge in [0.25, 0.3) is 6.47 Å². The van der Waals surface area contributed by atoms with E-state index in [0.717, 1.165) is 71.5 Å². The minimum Gasteiger partial charge on any atom is -0.471 e. The number of nitrogens with one attached hydrogen (secondary N) is 4. The minimum atomic E-state index is -0.638. The highest BCUT2D eigenvalue weighted by molar-refractivity contribution is 5.84. The second-order valence-electron chi connectivity index (χ2n) is 14.9. The molecule has 2 aromatic carbocycles. The van der Waals surface area contributed by atoms with Gasteiger partial charge in [0.2, 0.25) is 11.8 Å². The van der Waals surface area contributed by atoms with Crippen LogP contribution in [0.25, 0.3) is 22.3 Å². The number of ether oxygens (including phenoxy) is 2. The van der Waals surface area contributed by atoms with Crippen LogP contribution in [0.5, 0.6) is 0 Å². The Morgan fingerprint density at radius 3 is 2.31 bits per heavy atom. The summed E-state index contributed by atoms with van der Waals surface area (Å²) in [4.78, 5) is 67.1. The Hall–Kier alpha value is -5.94. The maximum atomic E-state index is 13.3. The molecule has 4 aromatic rings. The van der Waals surface area contributed by atoms with Crippen LogP contribution >= 0.6 is 0 Å². The Balaban J connectivity index is 0.000000851. The van der Waals surface area contributed by atoms with Crippen LogP contribution in [0.15, 0.2) is 60.3 Å². The number of hydrogen-bond donors (Lipinski definition) is 4. The third-order valence-electron chi connectivity index (χ3n) is 10.2. The molecule has 2 aromatic heterocycles. The van der Waals surface area contributed by atoms with Crippen LogP contribution in [-0.2, 0) is 23.9 Å². The third-order valence-corrected chi connectivity index (χ3v) is 10.2. The van der Waals surface area contributed by atoms with Crippen molar-refractivity contribution in [2.24, 2.45) is 11.8 Å². The number of aromatic nitrogens is 4. The average molecular weight is 793 g/mol. The first-order valence-electron chi connectivity index (χ1n) is 20.0. The Morgan fingerprint density at radius 1 is 0.983 bits per heavy atom. The summed E-state index contributed by atoms with van der Waals surface area (Å²) < 4.78 is 8.49. The van der Waals surface area contributed by atoms with Gasteiger partial charge in [0.15, 0.2) is 0 Å². The molecule has 7 rings (SSSR count). The number of alkyl carbamates (subject to hydrolysis) is 1. The molecule has 308 valence electrons. The van der Waals surface area contributed by atoms with Gasteiger partial charge >= 0.3 is 6.09 Å². The van der Waals surface area contributed by atoms with E-state index in [9.17, 15) is 14.4 Å². The van der Waals surface area contributed by atoms with Crippen LogP contribution in [-0.4, -0.2) is 101 Å². The topological polar surface area (TPSA) is 175 Å². The number of likely N-dealkylation sites (N-methyl/N-ethyl adjacent to an activating group) is 1. The second-order valence-corrected chi connectivity index (χ2v) is 14.9. The van der Waals surface area contributed by atoms with E-state index >= 15 is 0 Å². The molecule has 58 heavy (non-hydrogen) atoms. The normalized spacial score (nSPS) is 17.6. The van der Waals surface area contributed by atoms with Gasteiger partial charge in [-0.2, -0.15) is 0 Å². The zero-order chi connectivity index (χ0) is 41.8. The van der Waals surface area contributed by atoms with Gasteiger partial charge in [-0.15, -0.1) is 0 Å². The van der Waals surface area contributed by atoms with Crippen LogP contribution in [0.1, 0.15) is 94.7 Å². The number of methoxy groups -OCH3 is 2. The van der Waals surface area contributed by atoms with E-state index in [2.05, 4.69) is 80.7 Å². The highest BCUT2D eigenvalue weighted by Gasteiger charge is 2.38. The van der Waals surface area contributed by atoms with Crippen molar-refractivity contribution in [3.63, 3.8) is 0 Å². The summed E-state index contributed by atoms with van der Waals surface area (Å²) in [5, 5.41) is 5.68. The van der Waals surface area contributed by atoms with Crippen molar-refractivity contribution in [3.05, 3.63) is 83.1 Å². The summed E-state index contributed by atoms with van der Waals surface area (Å²) in [6, 6.07) is 13.3. The number of rotatable bonds is 10. The molecule has 14 nitrogen and oxygen atoms in total. The summed E-state index contributed by atoms with van der Waals surface area (Å²) in [7, 11) is 4.43. The molecule has 0 radical (unpaired) electrons. The Bertz CT molecular complexity index is 2120. The first-order chi connectivity index (χ1) is 28.0. The number of fused-ring (bicyclic) bond motifs is 1. The highest BCUT2D eigenvalue weighted by atomic mass is 16.5. The first-order valence-corrected chi connectivity index (χ1v) is 20.0. The monoisotopic (exact) mass is 792 g/mol. The van der Waals surface area contributed by atoms with Gasteiger partial charge in [-0.1, -0.05) is 64.2 Å². The summed E-state index contributed by atoms with van der Waals surface area (Å²) in [5.41, 5.74) is 6.49. The summed E-state index contributed by atoms with van der Waals surface area (Å²) in [6.07, 6.45) is 8.70. The summed E-state index contributed by atoms with van der Waals surface area (Å²) in [6.45, 7) is 9.87. The zero-order valence-corrected chi connectivity index (χ0v) is 34.6. The third kappa shape index (κ3) is 10.7. The standard InChI is InChI=1S/C39H44N8O4.C3H8.C2H4O2/c1-23(2)35(40-3)38(49)46-17-5-6-32(46)36-41-20-31(45-36)27-12-9-24(10-13-27)7-8-25-11-16-29-30(18-25)44-37(43-29)33-19-28(26-14-15-26)22-47(33)34(48)21-42-39(50)51-4;1-3-2;1-4-2-3/h9-13,16,18-20,23,26,32-33,35,40H,5-6,14-15,17,21-22H2,1-4H3,(H,41,45)(H,42,50)(H,43,44);3H2,1-2H3;2H,1H3. The molecule has 14 heteroatoms. The molecule has 4 N–H and O–H groups in total. The van der Waals surface area contributed by atoms with Gasteiger partial charge in [-0.3, -0.25) is 14.4 Å². The van der Waals surface area contributed by atoms with E-state index in [1.807, 2.05) is 60.6 Å². The number of hydrogen-bond acceptors (Lipinski definition) is 9. The fourth-order valence-electron chi connectivity index (χ4n) is 7.16. The molecule has 3 atom stereocenters. The molecule has 2 fully saturated rings. The van der Waals surface area contributed by atoms with Gasteiger partial charge in [-0.05, 0) is 86.0 Å². The van der Waals surface area contributed by atoms with E-state index in [-0.39, 0.29) is 42.4 Å². The maximum absolute atomic E-state index is 13.3. The van der Waals surface area contributed by atoms with Crippen molar-refractivity contribution >= 4 is 35.4 Å². The summed E-state index contributed by atoms with van der Waals surface area (Å²) >= 11 is 0. The van der Waals surface area contributed by atoms with Crippen LogP contribution in [0.4, 0.5) is 4.79 Å². The molecular weight excluding hydrogens is 737 g/mol. The molecule has 1 saturated carbocycles. The molecule has 4 heterocycles. The van der Waals surface area contributed by atoms with Gasteiger partial charge in [0.05, 0.1) is 49.2 Å². The van der Waals surface area contributed by atoms with Crippen molar-refractivity contribution in [2.75, 3.05) is 40.9 Å². The van der Waals surface area contributed by atoms with Crippen LogP contribution in [0, 0.1) is 23.7 Å². The van der Waals surface area contributed by atoms with Crippen molar-refractivity contribution < 1.29 is 28.7 Å². The molecule has 3 amide bonds. The number of aromatic amines is 2. The minimum absolute atomic E-state index is 0.0547. The van der Waals surface area contributed by atoms with Crippen LogP contribution in [0.3, 0.4) is 0 Å². The summed E-state index contributed by atoms with van der Waals surface area (Å²) in [5.74, 6) is 8.68. The van der Waals surface area contributed by atoms with Crippen molar-refractivity contribution in [1.29, 1.82) is 0 Å². The molecule has 3 aliphatic rings. The number of amides is 3. The van der Waals surface area contributed by atoms with E-state index in [4.69, 9.17) is 9.78 Å². The molecule has 2 aliphatic heterocycles. The Labute approximate surface area is 340 Å². The van der Waals surface area contributed by atoms with Gasteiger partial charge < -0.3 is 39.9 Å². The second kappa shape index (κ2) is 20.5. The number of carbonyl (C=O) groups excluding carboxylic acids is 4. The van der Waals surface area contributed by atoms with Crippen LogP contribution in [0.2, 0.25) is 0 Å². The van der Waals surface area contributed by atoms with E-state index in [1.165, 1.54) is 26.2 Å². The zero-order valence-electron chi connectivity index (χ0n) is 34.6. The number of imidazole rings is 2. The predicted octanol–water partition coefficient (Wildman–Crippen LogP) is 6.04. The number of benzene rings is 2. The maximum Gasteiger partial charge on any atom is 0.407 e. The molecule has 1 saturated heterocycles. The number of H-pyrrole nitrogens is 2. The number of carbonyl (C=O) groups is 4. The number of likely N-dealkylation sites (tertiary alicyclic amines) is 1. The molecular formula is C44H56N8O6. The highest BCUT2D eigenvalue weighted by Crippen LogP contribution is 2.43. The molecule has 3 unspecified atom stereocenters. The van der Waals surface area contributed by atoms with E-state index in [1.54, 1.807) is 4.90 Å². The fourth-order valence-corrected chi connectivity index (χ4v) is 7.16. The lowest BCUT2D eigenvalue weighted by Crippen LogP contribution is -2.47. The largest absolute Gasteiger partial charge is 0.471 e. The van der Waals surface area contributed by atoms with Crippen molar-refractivity contribution in [3.8, 4) is 23.1 Å². The lowest BCUT2D eigenvalue weighted by Gasteiger charge is -2.29.